The Kier molecular flexibility index (Phi) is 3.13. The van der Waals surface area contributed by atoms with Crippen molar-refractivity contribution in [1.82, 2.24) is 0 Å². The van der Waals surface area contributed by atoms with Crippen LogP contribution in [-0.2, 0) is 4.74 Å². The third kappa shape index (κ3) is 1.64. The topological polar surface area (TPSA) is 29.5 Å². The number of hydrogen-bond acceptors (Lipinski definition) is 2. The molecular weight excluding hydrogens is 152 g/mol. The van der Waals surface area contributed by atoms with Gasteiger partial charge in [-0.3, -0.25) is 0 Å². The summed E-state index contributed by atoms with van der Waals surface area (Å²) in [4.78, 5) is 0. The lowest BCUT2D eigenvalue weighted by atomic mass is 9.82. The van der Waals surface area contributed by atoms with Crippen LogP contribution < -0.4 is 0 Å². The standard InChI is InChI=1S/C10H20O2/c1-5-9-7(3)10(11)6(2)8(4)12-9/h6-11H,5H2,1-4H3/t6?,7-,8?,9?,10+/m0/s1. The molecule has 1 N–H and O–H groups in total. The van der Waals surface area contributed by atoms with Crippen LogP contribution >= 0.6 is 0 Å². The van der Waals surface area contributed by atoms with Crippen LogP contribution in [0.1, 0.15) is 34.1 Å². The molecule has 1 aliphatic heterocycles. The summed E-state index contributed by atoms with van der Waals surface area (Å²) < 4.78 is 5.77. The zero-order valence-electron chi connectivity index (χ0n) is 8.45. The molecule has 0 spiro atoms. The van der Waals surface area contributed by atoms with Gasteiger partial charge in [0.05, 0.1) is 18.3 Å². The SMILES string of the molecule is CCC1OC(C)C(C)[C@@H](O)[C@H]1C. The van der Waals surface area contributed by atoms with Crippen molar-refractivity contribution in [3.05, 3.63) is 0 Å². The Labute approximate surface area is 74.9 Å². The van der Waals surface area contributed by atoms with Gasteiger partial charge in [-0.15, -0.1) is 0 Å². The second-order valence-electron chi connectivity index (χ2n) is 4.00. The molecule has 5 atom stereocenters. The molecule has 0 saturated carbocycles. The third-order valence-electron chi connectivity index (χ3n) is 3.20. The summed E-state index contributed by atoms with van der Waals surface area (Å²) in [6, 6.07) is 0. The van der Waals surface area contributed by atoms with Gasteiger partial charge in [-0.1, -0.05) is 20.8 Å². The van der Waals surface area contributed by atoms with Gasteiger partial charge in [-0.2, -0.15) is 0 Å². The number of rotatable bonds is 1. The van der Waals surface area contributed by atoms with E-state index in [0.29, 0.717) is 0 Å². The molecule has 0 aromatic carbocycles. The number of hydrogen-bond donors (Lipinski definition) is 1. The second kappa shape index (κ2) is 3.75. The quantitative estimate of drug-likeness (QED) is 0.653. The highest BCUT2D eigenvalue weighted by Crippen LogP contribution is 2.30. The summed E-state index contributed by atoms with van der Waals surface area (Å²) >= 11 is 0. The lowest BCUT2D eigenvalue weighted by Crippen LogP contribution is -2.47. The van der Waals surface area contributed by atoms with Crippen LogP contribution in [-0.4, -0.2) is 23.4 Å². The van der Waals surface area contributed by atoms with E-state index in [1.54, 1.807) is 0 Å². The molecule has 0 aromatic rings. The van der Waals surface area contributed by atoms with E-state index in [1.165, 1.54) is 0 Å². The maximum Gasteiger partial charge on any atom is 0.0640 e. The Morgan fingerprint density at radius 1 is 1.17 bits per heavy atom. The van der Waals surface area contributed by atoms with Gasteiger partial charge in [0.1, 0.15) is 0 Å². The van der Waals surface area contributed by atoms with Crippen LogP contribution in [0.2, 0.25) is 0 Å². The molecule has 0 bridgehead atoms. The molecule has 0 radical (unpaired) electrons. The van der Waals surface area contributed by atoms with Crippen LogP contribution in [0.3, 0.4) is 0 Å². The molecule has 2 nitrogen and oxygen atoms in total. The maximum absolute atomic E-state index is 9.84. The Morgan fingerprint density at radius 3 is 2.25 bits per heavy atom. The van der Waals surface area contributed by atoms with E-state index in [0.717, 1.165) is 6.42 Å². The van der Waals surface area contributed by atoms with Gasteiger partial charge in [0.2, 0.25) is 0 Å². The minimum atomic E-state index is -0.196. The van der Waals surface area contributed by atoms with E-state index in [1.807, 2.05) is 6.92 Å². The predicted octanol–water partition coefficient (Wildman–Crippen LogP) is 1.82. The first-order chi connectivity index (χ1) is 5.57. The van der Waals surface area contributed by atoms with E-state index in [-0.39, 0.29) is 30.1 Å². The molecule has 2 heteroatoms. The summed E-state index contributed by atoms with van der Waals surface area (Å²) in [7, 11) is 0. The minimum Gasteiger partial charge on any atom is -0.392 e. The van der Waals surface area contributed by atoms with Gasteiger partial charge < -0.3 is 9.84 Å². The molecule has 0 aliphatic carbocycles. The average molecular weight is 172 g/mol. The molecule has 1 fully saturated rings. The lowest BCUT2D eigenvalue weighted by Gasteiger charge is -2.41. The number of aliphatic hydroxyl groups is 1. The van der Waals surface area contributed by atoms with Gasteiger partial charge in [-0.05, 0) is 13.3 Å². The number of ether oxygens (including phenoxy) is 1. The fourth-order valence-corrected chi connectivity index (χ4v) is 1.97. The Balaban J connectivity index is 2.63. The van der Waals surface area contributed by atoms with Gasteiger partial charge in [0, 0.05) is 11.8 Å². The Morgan fingerprint density at radius 2 is 1.75 bits per heavy atom. The van der Waals surface area contributed by atoms with Crippen LogP contribution in [0, 0.1) is 11.8 Å². The summed E-state index contributed by atoms with van der Waals surface area (Å²) in [6.07, 6.45) is 1.24. The zero-order chi connectivity index (χ0) is 9.30. The monoisotopic (exact) mass is 172 g/mol. The third-order valence-corrected chi connectivity index (χ3v) is 3.20. The fraction of sp³-hybridized carbons (Fsp3) is 1.00. The van der Waals surface area contributed by atoms with Gasteiger partial charge in [0.25, 0.3) is 0 Å². The van der Waals surface area contributed by atoms with Gasteiger partial charge >= 0.3 is 0 Å². The van der Waals surface area contributed by atoms with Crippen molar-refractivity contribution in [2.75, 3.05) is 0 Å². The first kappa shape index (κ1) is 10.0. The van der Waals surface area contributed by atoms with Gasteiger partial charge in [0.15, 0.2) is 0 Å². The van der Waals surface area contributed by atoms with Crippen molar-refractivity contribution >= 4 is 0 Å². The Bertz CT molecular complexity index is 142. The van der Waals surface area contributed by atoms with Crippen molar-refractivity contribution in [3.63, 3.8) is 0 Å². The first-order valence-electron chi connectivity index (χ1n) is 4.91. The predicted molar refractivity (Wildman–Crippen MR) is 49.0 cm³/mol. The van der Waals surface area contributed by atoms with Crippen LogP contribution in [0.25, 0.3) is 0 Å². The van der Waals surface area contributed by atoms with Crippen LogP contribution in [0.5, 0.6) is 0 Å². The average Bonchev–Trinajstić information content (AvgIpc) is 2.08. The molecule has 72 valence electrons. The van der Waals surface area contributed by atoms with Crippen molar-refractivity contribution < 1.29 is 9.84 Å². The van der Waals surface area contributed by atoms with E-state index in [2.05, 4.69) is 20.8 Å². The van der Waals surface area contributed by atoms with Crippen molar-refractivity contribution in [1.29, 1.82) is 0 Å². The van der Waals surface area contributed by atoms with Crippen molar-refractivity contribution in [2.24, 2.45) is 11.8 Å². The van der Waals surface area contributed by atoms with Crippen LogP contribution in [0.15, 0.2) is 0 Å². The Hall–Kier alpha value is -0.0800. The molecule has 1 aliphatic rings. The first-order valence-corrected chi connectivity index (χ1v) is 4.91. The zero-order valence-corrected chi connectivity index (χ0v) is 8.45. The molecule has 1 heterocycles. The summed E-state index contributed by atoms with van der Waals surface area (Å²) in [5, 5.41) is 9.84. The highest BCUT2D eigenvalue weighted by atomic mass is 16.5. The summed E-state index contributed by atoms with van der Waals surface area (Å²) in [5.41, 5.74) is 0. The van der Waals surface area contributed by atoms with E-state index in [9.17, 15) is 5.11 Å². The summed E-state index contributed by atoms with van der Waals surface area (Å²) in [5.74, 6) is 0.545. The van der Waals surface area contributed by atoms with Crippen LogP contribution in [0.4, 0.5) is 0 Å². The highest BCUT2D eigenvalue weighted by molar-refractivity contribution is 4.85. The fourth-order valence-electron chi connectivity index (χ4n) is 1.97. The van der Waals surface area contributed by atoms with Gasteiger partial charge in [-0.25, -0.2) is 0 Å². The lowest BCUT2D eigenvalue weighted by molar-refractivity contribution is -0.157. The van der Waals surface area contributed by atoms with E-state index >= 15 is 0 Å². The minimum absolute atomic E-state index is 0.196. The smallest absolute Gasteiger partial charge is 0.0640 e. The molecule has 1 saturated heterocycles. The number of aliphatic hydroxyl groups excluding tert-OH is 1. The van der Waals surface area contributed by atoms with Crippen molar-refractivity contribution in [2.45, 2.75) is 52.4 Å². The second-order valence-corrected chi connectivity index (χ2v) is 4.00. The molecule has 3 unspecified atom stereocenters. The highest BCUT2D eigenvalue weighted by Gasteiger charge is 2.37. The molecule has 1 rings (SSSR count). The molecular formula is C10H20O2. The molecule has 0 aromatic heterocycles. The van der Waals surface area contributed by atoms with E-state index < -0.39 is 0 Å². The normalized spacial score (nSPS) is 49.2. The molecule has 0 amide bonds. The van der Waals surface area contributed by atoms with Crippen molar-refractivity contribution in [3.8, 4) is 0 Å². The largest absolute Gasteiger partial charge is 0.392 e. The van der Waals surface area contributed by atoms with E-state index in [4.69, 9.17) is 4.74 Å². The molecule has 12 heavy (non-hydrogen) atoms. The maximum atomic E-state index is 9.84. The summed E-state index contributed by atoms with van der Waals surface area (Å²) in [6.45, 7) is 8.28.